The van der Waals surface area contributed by atoms with E-state index in [-0.39, 0.29) is 5.03 Å². The van der Waals surface area contributed by atoms with Gasteiger partial charge in [-0.2, -0.15) is 4.31 Å². The maximum Gasteiger partial charge on any atom is 0.262 e. The van der Waals surface area contributed by atoms with Gasteiger partial charge in [-0.3, -0.25) is 0 Å². The normalized spacial score (nSPS) is 19.0. The Morgan fingerprint density at radius 2 is 2.05 bits per heavy atom. The van der Waals surface area contributed by atoms with Gasteiger partial charge >= 0.3 is 0 Å². The largest absolute Gasteiger partial charge is 0.339 e. The Balaban J connectivity index is 2.41. The van der Waals surface area contributed by atoms with Crippen molar-refractivity contribution in [2.75, 3.05) is 13.1 Å². The van der Waals surface area contributed by atoms with E-state index in [0.717, 1.165) is 38.5 Å². The van der Waals surface area contributed by atoms with Crippen LogP contribution in [0.5, 0.6) is 0 Å². The highest BCUT2D eigenvalue weighted by atomic mass is 32.2. The quantitative estimate of drug-likeness (QED) is 0.862. The van der Waals surface area contributed by atoms with Gasteiger partial charge in [-0.1, -0.05) is 26.2 Å². The third kappa shape index (κ3) is 3.14. The molecule has 0 saturated heterocycles. The molecular weight excluding hydrogens is 288 g/mol. The van der Waals surface area contributed by atoms with Crippen molar-refractivity contribution in [3.8, 4) is 0 Å². The van der Waals surface area contributed by atoms with Crippen LogP contribution in [0.3, 0.4) is 0 Å². The number of imidazole rings is 1. The first-order valence-electron chi connectivity index (χ1n) is 7.67. The van der Waals surface area contributed by atoms with E-state index in [4.69, 9.17) is 5.73 Å². The molecule has 2 rings (SSSR count). The first-order valence-corrected chi connectivity index (χ1v) is 9.11. The van der Waals surface area contributed by atoms with E-state index in [0.29, 0.717) is 13.1 Å². The molecule has 1 fully saturated rings. The van der Waals surface area contributed by atoms with Crippen LogP contribution in [0.2, 0.25) is 0 Å². The molecule has 1 saturated carbocycles. The maximum absolute atomic E-state index is 13.0. The van der Waals surface area contributed by atoms with Crippen molar-refractivity contribution in [1.82, 2.24) is 13.9 Å². The van der Waals surface area contributed by atoms with Crippen LogP contribution < -0.4 is 5.73 Å². The molecule has 1 aliphatic rings. The lowest BCUT2D eigenvalue weighted by molar-refractivity contribution is 0.135. The molecule has 0 atom stereocenters. The number of aromatic nitrogens is 2. The minimum atomic E-state index is -3.59. The zero-order valence-electron chi connectivity index (χ0n) is 13.0. The smallest absolute Gasteiger partial charge is 0.262 e. The second-order valence-corrected chi connectivity index (χ2v) is 7.75. The average molecular weight is 314 g/mol. The zero-order valence-corrected chi connectivity index (χ0v) is 13.8. The molecule has 0 radical (unpaired) electrons. The fourth-order valence-electron chi connectivity index (χ4n) is 3.22. The maximum atomic E-state index is 13.0. The summed E-state index contributed by atoms with van der Waals surface area (Å²) in [5, 5.41) is 0.122. The van der Waals surface area contributed by atoms with Crippen molar-refractivity contribution in [2.45, 2.75) is 56.0 Å². The molecule has 0 aromatic carbocycles. The fraction of sp³-hybridized carbons (Fsp3) is 0.786. The number of hydrogen-bond donors (Lipinski definition) is 1. The highest BCUT2D eigenvalue weighted by Gasteiger charge is 2.44. The van der Waals surface area contributed by atoms with Crippen LogP contribution in [-0.2, 0) is 17.1 Å². The van der Waals surface area contributed by atoms with E-state index >= 15 is 0 Å². The number of sulfonamides is 1. The second kappa shape index (κ2) is 6.46. The van der Waals surface area contributed by atoms with Crippen molar-refractivity contribution in [3.63, 3.8) is 0 Å². The summed E-state index contributed by atoms with van der Waals surface area (Å²) in [6, 6.07) is 0. The SMILES string of the molecule is CCCN(C1(CN)CCCCC1)S(=O)(=O)c1cn(C)cn1. The first-order chi connectivity index (χ1) is 9.96. The van der Waals surface area contributed by atoms with Gasteiger partial charge < -0.3 is 10.3 Å². The highest BCUT2D eigenvalue weighted by molar-refractivity contribution is 7.89. The summed E-state index contributed by atoms with van der Waals surface area (Å²) in [6.07, 6.45) is 8.77. The number of nitrogens with zero attached hydrogens (tertiary/aromatic N) is 3. The Morgan fingerprint density at radius 1 is 1.38 bits per heavy atom. The lowest BCUT2D eigenvalue weighted by atomic mass is 9.81. The van der Waals surface area contributed by atoms with Crippen molar-refractivity contribution < 1.29 is 8.42 Å². The number of rotatable bonds is 6. The molecule has 1 aromatic rings. The molecule has 2 N–H and O–H groups in total. The highest BCUT2D eigenvalue weighted by Crippen LogP contribution is 2.36. The summed E-state index contributed by atoms with van der Waals surface area (Å²) >= 11 is 0. The third-order valence-electron chi connectivity index (χ3n) is 4.36. The summed E-state index contributed by atoms with van der Waals surface area (Å²) in [5.41, 5.74) is 5.58. The molecule has 1 aliphatic carbocycles. The molecule has 21 heavy (non-hydrogen) atoms. The molecule has 0 spiro atoms. The van der Waals surface area contributed by atoms with Gasteiger partial charge in [0.25, 0.3) is 10.0 Å². The molecule has 120 valence electrons. The Labute approximate surface area is 127 Å². The Bertz CT molecular complexity index is 561. The number of hydrogen-bond acceptors (Lipinski definition) is 4. The standard InChI is InChI=1S/C14H26N4O2S/c1-3-9-18(14(11-15)7-5-4-6-8-14)21(19,20)13-10-17(2)12-16-13/h10,12H,3-9,11,15H2,1-2H3. The van der Waals surface area contributed by atoms with Crippen LogP contribution in [0.1, 0.15) is 45.4 Å². The molecule has 6 nitrogen and oxygen atoms in total. The van der Waals surface area contributed by atoms with E-state index in [1.807, 2.05) is 6.92 Å². The topological polar surface area (TPSA) is 81.2 Å². The first kappa shape index (κ1) is 16.5. The zero-order chi connectivity index (χ0) is 15.5. The van der Waals surface area contributed by atoms with Gasteiger partial charge in [0.05, 0.1) is 6.33 Å². The van der Waals surface area contributed by atoms with E-state index in [1.54, 1.807) is 22.1 Å². The average Bonchev–Trinajstić information content (AvgIpc) is 2.92. The van der Waals surface area contributed by atoms with Crippen LogP contribution in [-0.4, -0.2) is 40.9 Å². The van der Waals surface area contributed by atoms with E-state index in [9.17, 15) is 8.42 Å². The predicted octanol–water partition coefficient (Wildman–Crippen LogP) is 1.48. The lowest BCUT2D eigenvalue weighted by Crippen LogP contribution is -2.57. The molecule has 7 heteroatoms. The van der Waals surface area contributed by atoms with Gasteiger partial charge in [0.2, 0.25) is 0 Å². The molecule has 0 aliphatic heterocycles. The van der Waals surface area contributed by atoms with Crippen molar-refractivity contribution in [3.05, 3.63) is 12.5 Å². The summed E-state index contributed by atoms with van der Waals surface area (Å²) in [4.78, 5) is 4.04. The van der Waals surface area contributed by atoms with Crippen molar-refractivity contribution in [1.29, 1.82) is 0 Å². The van der Waals surface area contributed by atoms with Crippen molar-refractivity contribution >= 4 is 10.0 Å². The van der Waals surface area contributed by atoms with Crippen LogP contribution in [0, 0.1) is 0 Å². The molecule has 0 amide bonds. The van der Waals surface area contributed by atoms with Gasteiger partial charge in [0.15, 0.2) is 5.03 Å². The summed E-state index contributed by atoms with van der Waals surface area (Å²) in [5.74, 6) is 0. The molecule has 0 unspecified atom stereocenters. The molecule has 0 bridgehead atoms. The second-order valence-electron chi connectivity index (χ2n) is 5.94. The van der Waals surface area contributed by atoms with Gasteiger partial charge in [0, 0.05) is 31.9 Å². The van der Waals surface area contributed by atoms with E-state index in [2.05, 4.69) is 4.98 Å². The molecule has 1 aromatic heterocycles. The minimum Gasteiger partial charge on any atom is -0.339 e. The van der Waals surface area contributed by atoms with Gasteiger partial charge in [-0.15, -0.1) is 0 Å². The number of aryl methyl sites for hydroxylation is 1. The van der Waals surface area contributed by atoms with Gasteiger partial charge in [0.1, 0.15) is 0 Å². The van der Waals surface area contributed by atoms with Crippen LogP contribution in [0.4, 0.5) is 0 Å². The molecule has 1 heterocycles. The van der Waals surface area contributed by atoms with E-state index in [1.165, 1.54) is 6.33 Å². The summed E-state index contributed by atoms with van der Waals surface area (Å²) in [7, 11) is -1.82. The third-order valence-corrected chi connectivity index (χ3v) is 6.25. The summed E-state index contributed by atoms with van der Waals surface area (Å²) in [6.45, 7) is 2.86. The lowest BCUT2D eigenvalue weighted by Gasteiger charge is -2.44. The number of nitrogens with two attached hydrogens (primary N) is 1. The van der Waals surface area contributed by atoms with Crippen LogP contribution in [0.25, 0.3) is 0 Å². The van der Waals surface area contributed by atoms with E-state index < -0.39 is 15.6 Å². The van der Waals surface area contributed by atoms with Gasteiger partial charge in [-0.25, -0.2) is 13.4 Å². The molecular formula is C14H26N4O2S. The minimum absolute atomic E-state index is 0.122. The Hall–Kier alpha value is -0.920. The Kier molecular flexibility index (Phi) is 5.06. The van der Waals surface area contributed by atoms with Gasteiger partial charge in [-0.05, 0) is 19.3 Å². The van der Waals surface area contributed by atoms with Crippen molar-refractivity contribution in [2.24, 2.45) is 12.8 Å². The summed E-state index contributed by atoms with van der Waals surface area (Å²) < 4.78 is 29.3. The van der Waals surface area contributed by atoms with Crippen LogP contribution >= 0.6 is 0 Å². The predicted molar refractivity (Wildman–Crippen MR) is 82.3 cm³/mol. The van der Waals surface area contributed by atoms with Crippen LogP contribution in [0.15, 0.2) is 17.6 Å². The Morgan fingerprint density at radius 3 is 2.52 bits per heavy atom. The monoisotopic (exact) mass is 314 g/mol. The fourth-order valence-corrected chi connectivity index (χ4v) is 5.11.